The van der Waals surface area contributed by atoms with Crippen LogP contribution in [0.3, 0.4) is 0 Å². The third-order valence-corrected chi connectivity index (χ3v) is 2.83. The fraction of sp³-hybridized carbons (Fsp3) is 0.643. The molecule has 2 heteroatoms. The van der Waals surface area contributed by atoms with E-state index in [4.69, 9.17) is 0 Å². The minimum absolute atomic E-state index is 0.0161. The van der Waals surface area contributed by atoms with E-state index in [-0.39, 0.29) is 16.4 Å². The number of hydrogen-bond donors (Lipinski definition) is 0. The Kier molecular flexibility index (Phi) is 3.06. The van der Waals surface area contributed by atoms with Gasteiger partial charge < -0.3 is 4.57 Å². The van der Waals surface area contributed by atoms with Crippen LogP contribution in [0.15, 0.2) is 16.9 Å². The van der Waals surface area contributed by atoms with Crippen molar-refractivity contribution in [3.05, 3.63) is 33.7 Å². The van der Waals surface area contributed by atoms with Gasteiger partial charge in [0, 0.05) is 24.2 Å². The molecule has 0 saturated heterocycles. The Labute approximate surface area is 98.3 Å². The summed E-state index contributed by atoms with van der Waals surface area (Å²) in [6.07, 6.45) is 0. The summed E-state index contributed by atoms with van der Waals surface area (Å²) in [5, 5.41) is 0. The fourth-order valence-electron chi connectivity index (χ4n) is 2.15. The van der Waals surface area contributed by atoms with Gasteiger partial charge >= 0.3 is 0 Å². The quantitative estimate of drug-likeness (QED) is 0.660. The van der Waals surface area contributed by atoms with Gasteiger partial charge in [0.05, 0.1) is 0 Å². The van der Waals surface area contributed by atoms with Crippen molar-refractivity contribution in [1.82, 2.24) is 4.57 Å². The van der Waals surface area contributed by atoms with E-state index in [0.717, 1.165) is 5.69 Å². The summed E-state index contributed by atoms with van der Waals surface area (Å²) in [7, 11) is 1.86. The maximum atomic E-state index is 11.7. The zero-order valence-corrected chi connectivity index (χ0v) is 11.5. The number of rotatable bonds is 0. The summed E-state index contributed by atoms with van der Waals surface area (Å²) in [5.41, 5.74) is 2.50. The van der Waals surface area contributed by atoms with E-state index in [1.807, 2.05) is 13.1 Å². The first-order valence-corrected chi connectivity index (χ1v) is 5.76. The summed E-state index contributed by atoms with van der Waals surface area (Å²) in [5.74, 6) is 0. The molecule has 0 radical (unpaired) electrons. The first-order valence-electron chi connectivity index (χ1n) is 5.76. The highest BCUT2D eigenvalue weighted by atomic mass is 16.1. The monoisotopic (exact) mass is 221 g/mol. The molecule has 1 aromatic heterocycles. The number of nitrogens with zero attached hydrogens (tertiary/aromatic N) is 1. The molecule has 16 heavy (non-hydrogen) atoms. The molecule has 0 aliphatic heterocycles. The highest BCUT2D eigenvalue weighted by Gasteiger charge is 2.27. The molecule has 0 saturated carbocycles. The number of aromatic nitrogens is 1. The summed E-state index contributed by atoms with van der Waals surface area (Å²) < 4.78 is 1.78. The maximum Gasteiger partial charge on any atom is 0.250 e. The Morgan fingerprint density at radius 3 is 1.81 bits per heavy atom. The van der Waals surface area contributed by atoms with E-state index in [0.29, 0.717) is 0 Å². The van der Waals surface area contributed by atoms with Crippen LogP contribution in [-0.2, 0) is 17.9 Å². The minimum atomic E-state index is -0.0161. The van der Waals surface area contributed by atoms with Crippen LogP contribution in [-0.4, -0.2) is 4.57 Å². The molecule has 0 unspecified atom stereocenters. The van der Waals surface area contributed by atoms with Gasteiger partial charge in [-0.05, 0) is 11.0 Å². The largest absolute Gasteiger partial charge is 0.315 e. The highest BCUT2D eigenvalue weighted by molar-refractivity contribution is 5.32. The molecule has 1 heterocycles. The standard InChI is InChI=1S/C14H23NO/c1-13(2,3)10-8-9-11(16)15(7)12(10)14(4,5)6/h8-9H,1-7H3. The Balaban J connectivity index is 3.66. The Hall–Kier alpha value is -1.05. The van der Waals surface area contributed by atoms with Crippen molar-refractivity contribution < 1.29 is 0 Å². The van der Waals surface area contributed by atoms with Crippen molar-refractivity contribution in [1.29, 1.82) is 0 Å². The average Bonchev–Trinajstić information content (AvgIpc) is 2.05. The van der Waals surface area contributed by atoms with E-state index < -0.39 is 0 Å². The lowest BCUT2D eigenvalue weighted by molar-refractivity contribution is 0.485. The van der Waals surface area contributed by atoms with Crippen LogP contribution in [0.5, 0.6) is 0 Å². The van der Waals surface area contributed by atoms with Gasteiger partial charge in [0.15, 0.2) is 0 Å². The molecule has 0 atom stereocenters. The van der Waals surface area contributed by atoms with Crippen LogP contribution >= 0.6 is 0 Å². The van der Waals surface area contributed by atoms with Gasteiger partial charge in [-0.1, -0.05) is 47.6 Å². The van der Waals surface area contributed by atoms with Gasteiger partial charge in [-0.15, -0.1) is 0 Å². The SMILES string of the molecule is Cn1c(C(C)(C)C)c(C(C)(C)C)ccc1=O. The molecule has 0 aliphatic carbocycles. The third-order valence-electron chi connectivity index (χ3n) is 2.83. The van der Waals surface area contributed by atoms with Crippen LogP contribution in [0.1, 0.15) is 52.8 Å². The van der Waals surface area contributed by atoms with Crippen molar-refractivity contribution in [3.63, 3.8) is 0 Å². The Bertz CT molecular complexity index is 441. The summed E-state index contributed by atoms with van der Waals surface area (Å²) in [6, 6.07) is 3.64. The van der Waals surface area contributed by atoms with Gasteiger partial charge in [0.25, 0.3) is 0 Å². The zero-order valence-electron chi connectivity index (χ0n) is 11.5. The molecule has 0 fully saturated rings. The Morgan fingerprint density at radius 2 is 1.44 bits per heavy atom. The molecule has 0 N–H and O–H groups in total. The van der Waals surface area contributed by atoms with Gasteiger partial charge in [0.2, 0.25) is 5.56 Å². The topological polar surface area (TPSA) is 22.0 Å². The van der Waals surface area contributed by atoms with Crippen LogP contribution in [0.4, 0.5) is 0 Å². The van der Waals surface area contributed by atoms with Crippen molar-refractivity contribution >= 4 is 0 Å². The number of hydrogen-bond acceptors (Lipinski definition) is 1. The molecule has 0 aromatic carbocycles. The molecule has 1 aromatic rings. The molecule has 0 spiro atoms. The van der Waals surface area contributed by atoms with E-state index >= 15 is 0 Å². The summed E-state index contributed by atoms with van der Waals surface area (Å²) >= 11 is 0. The first kappa shape index (κ1) is 13.0. The molecule has 1 rings (SSSR count). The van der Waals surface area contributed by atoms with E-state index in [9.17, 15) is 4.79 Å². The first-order chi connectivity index (χ1) is 7.05. The van der Waals surface area contributed by atoms with Crippen LogP contribution < -0.4 is 5.56 Å². The van der Waals surface area contributed by atoms with Crippen LogP contribution in [0.2, 0.25) is 0 Å². The second-order valence-corrected chi connectivity index (χ2v) is 6.49. The molecule has 0 bridgehead atoms. The molecule has 0 amide bonds. The summed E-state index contributed by atoms with van der Waals surface area (Å²) in [4.78, 5) is 11.7. The number of pyridine rings is 1. The molecule has 2 nitrogen and oxygen atoms in total. The van der Waals surface area contributed by atoms with Gasteiger partial charge in [0.1, 0.15) is 0 Å². The van der Waals surface area contributed by atoms with Crippen molar-refractivity contribution in [2.45, 2.75) is 52.4 Å². The predicted molar refractivity (Wildman–Crippen MR) is 69.1 cm³/mol. The second kappa shape index (κ2) is 3.76. The van der Waals surface area contributed by atoms with Crippen molar-refractivity contribution in [3.8, 4) is 0 Å². The predicted octanol–water partition coefficient (Wildman–Crippen LogP) is 2.98. The molecule has 90 valence electrons. The lowest BCUT2D eigenvalue weighted by Crippen LogP contribution is -2.32. The van der Waals surface area contributed by atoms with E-state index in [1.165, 1.54) is 5.56 Å². The van der Waals surface area contributed by atoms with Gasteiger partial charge in [-0.25, -0.2) is 0 Å². The van der Waals surface area contributed by atoms with Crippen LogP contribution in [0.25, 0.3) is 0 Å². The Morgan fingerprint density at radius 1 is 0.938 bits per heavy atom. The minimum Gasteiger partial charge on any atom is -0.315 e. The third kappa shape index (κ3) is 2.37. The normalized spacial score (nSPS) is 12.9. The van der Waals surface area contributed by atoms with Gasteiger partial charge in [-0.3, -0.25) is 4.79 Å². The molecular formula is C14H23NO. The smallest absolute Gasteiger partial charge is 0.250 e. The summed E-state index contributed by atoms with van der Waals surface area (Å²) in [6.45, 7) is 13.0. The highest BCUT2D eigenvalue weighted by Crippen LogP contribution is 2.32. The van der Waals surface area contributed by atoms with Crippen molar-refractivity contribution in [2.75, 3.05) is 0 Å². The fourth-order valence-corrected chi connectivity index (χ4v) is 2.15. The lowest BCUT2D eigenvalue weighted by Gasteiger charge is -2.31. The lowest BCUT2D eigenvalue weighted by atomic mass is 9.78. The average molecular weight is 221 g/mol. The maximum absolute atomic E-state index is 11.7. The molecular weight excluding hydrogens is 198 g/mol. The second-order valence-electron chi connectivity index (χ2n) is 6.49. The van der Waals surface area contributed by atoms with Crippen molar-refractivity contribution in [2.24, 2.45) is 7.05 Å². The zero-order chi connectivity index (χ0) is 12.7. The molecule has 0 aliphatic rings. The van der Waals surface area contributed by atoms with Gasteiger partial charge in [-0.2, -0.15) is 0 Å². The van der Waals surface area contributed by atoms with Crippen LogP contribution in [0, 0.1) is 0 Å². The van der Waals surface area contributed by atoms with E-state index in [2.05, 4.69) is 41.5 Å². The van der Waals surface area contributed by atoms with E-state index in [1.54, 1.807) is 10.6 Å².